The molecule has 0 saturated heterocycles. The minimum Gasteiger partial charge on any atom is -0.317 e. The Hall–Kier alpha value is -1.72. The van der Waals surface area contributed by atoms with Gasteiger partial charge in [-0.25, -0.2) is 4.98 Å². The second kappa shape index (κ2) is 5.24. The maximum Gasteiger partial charge on any atom is 0.230 e. The van der Waals surface area contributed by atoms with Crippen LogP contribution in [0.1, 0.15) is 20.8 Å². The molecule has 0 bridgehead atoms. The molecule has 0 fully saturated rings. The third-order valence-electron chi connectivity index (χ3n) is 3.10. The molecule has 3 nitrogen and oxygen atoms in total. The number of rotatable bonds is 2. The largest absolute Gasteiger partial charge is 0.317 e. The summed E-state index contributed by atoms with van der Waals surface area (Å²) >= 11 is 3.18. The molecular weight excluding hydrogens is 300 g/mol. The van der Waals surface area contributed by atoms with E-state index in [2.05, 4.69) is 16.4 Å². The maximum absolute atomic E-state index is 12.2. The highest BCUT2D eigenvalue weighted by Crippen LogP contribution is 2.38. The molecule has 0 aliphatic heterocycles. The number of carbonyl (C=O) groups excluding carboxylic acids is 1. The highest BCUT2D eigenvalue weighted by atomic mass is 32.1. The van der Waals surface area contributed by atoms with Gasteiger partial charge in [0.15, 0.2) is 0 Å². The average molecular weight is 316 g/mol. The van der Waals surface area contributed by atoms with Gasteiger partial charge in [0.05, 0.1) is 10.2 Å². The molecule has 1 aromatic carbocycles. The standard InChI is InChI=1S/C16H16N2OS2/c1-16(2,3)15(19)18-13-10(8-9-20-13)14-17-11-6-4-5-7-12(11)21-14/h4-9H,1-3H3,(H,18,19). The zero-order valence-corrected chi connectivity index (χ0v) is 13.8. The van der Waals surface area contributed by atoms with E-state index in [4.69, 9.17) is 0 Å². The summed E-state index contributed by atoms with van der Waals surface area (Å²) in [6, 6.07) is 10.1. The van der Waals surface area contributed by atoms with Crippen LogP contribution < -0.4 is 5.32 Å². The molecule has 0 aliphatic carbocycles. The predicted octanol–water partition coefficient (Wildman–Crippen LogP) is 5.01. The van der Waals surface area contributed by atoms with E-state index < -0.39 is 5.41 Å². The Labute approximate surface area is 131 Å². The molecule has 5 heteroatoms. The van der Waals surface area contributed by atoms with E-state index in [0.717, 1.165) is 25.8 Å². The first-order chi connectivity index (χ1) is 9.95. The summed E-state index contributed by atoms with van der Waals surface area (Å²) in [6.07, 6.45) is 0. The number of hydrogen-bond acceptors (Lipinski definition) is 4. The van der Waals surface area contributed by atoms with Crippen LogP contribution in [0.2, 0.25) is 0 Å². The lowest BCUT2D eigenvalue weighted by Crippen LogP contribution is -2.27. The van der Waals surface area contributed by atoms with Crippen molar-refractivity contribution >= 4 is 43.8 Å². The van der Waals surface area contributed by atoms with Gasteiger partial charge < -0.3 is 5.32 Å². The average Bonchev–Trinajstić information content (AvgIpc) is 3.02. The highest BCUT2D eigenvalue weighted by Gasteiger charge is 2.23. The van der Waals surface area contributed by atoms with Crippen LogP contribution >= 0.6 is 22.7 Å². The molecule has 0 atom stereocenters. The van der Waals surface area contributed by atoms with Crippen molar-refractivity contribution in [1.29, 1.82) is 0 Å². The van der Waals surface area contributed by atoms with E-state index in [1.165, 1.54) is 11.3 Å². The summed E-state index contributed by atoms with van der Waals surface area (Å²) in [5.41, 5.74) is 1.59. The van der Waals surface area contributed by atoms with Gasteiger partial charge in [0, 0.05) is 11.0 Å². The van der Waals surface area contributed by atoms with Gasteiger partial charge >= 0.3 is 0 Å². The number of nitrogens with zero attached hydrogens (tertiary/aromatic N) is 1. The minimum atomic E-state index is -0.408. The number of nitrogens with one attached hydrogen (secondary N) is 1. The first-order valence-corrected chi connectivity index (χ1v) is 8.39. The summed E-state index contributed by atoms with van der Waals surface area (Å²) in [7, 11) is 0. The maximum atomic E-state index is 12.2. The smallest absolute Gasteiger partial charge is 0.230 e. The van der Waals surface area contributed by atoms with Gasteiger partial charge in [0.25, 0.3) is 0 Å². The van der Waals surface area contributed by atoms with Crippen LogP contribution in [-0.2, 0) is 4.79 Å². The molecule has 1 N–H and O–H groups in total. The number of amides is 1. The van der Waals surface area contributed by atoms with Crippen LogP contribution in [0.4, 0.5) is 5.00 Å². The number of hydrogen-bond donors (Lipinski definition) is 1. The molecule has 2 heterocycles. The summed E-state index contributed by atoms with van der Waals surface area (Å²) in [4.78, 5) is 16.8. The Morgan fingerprint density at radius 1 is 1.19 bits per heavy atom. The number of carbonyl (C=O) groups is 1. The molecule has 2 aromatic heterocycles. The fourth-order valence-electron chi connectivity index (χ4n) is 1.85. The number of anilines is 1. The first-order valence-electron chi connectivity index (χ1n) is 6.70. The third-order valence-corrected chi connectivity index (χ3v) is 5.00. The lowest BCUT2D eigenvalue weighted by molar-refractivity contribution is -0.123. The zero-order valence-electron chi connectivity index (χ0n) is 12.1. The first kappa shape index (κ1) is 14.2. The number of thiophene rings is 1. The highest BCUT2D eigenvalue weighted by molar-refractivity contribution is 7.22. The van der Waals surface area contributed by atoms with Crippen LogP contribution in [0.15, 0.2) is 35.7 Å². The molecule has 0 saturated carbocycles. The molecule has 1 amide bonds. The minimum absolute atomic E-state index is 0.0207. The topological polar surface area (TPSA) is 42.0 Å². The van der Waals surface area contributed by atoms with Crippen molar-refractivity contribution in [2.24, 2.45) is 5.41 Å². The van der Waals surface area contributed by atoms with Crippen LogP contribution in [0.25, 0.3) is 20.8 Å². The summed E-state index contributed by atoms with van der Waals surface area (Å²) in [6.45, 7) is 5.73. The molecule has 21 heavy (non-hydrogen) atoms. The Bertz CT molecular complexity index is 763. The summed E-state index contributed by atoms with van der Waals surface area (Å²) < 4.78 is 1.16. The molecule has 0 unspecified atom stereocenters. The van der Waals surface area contributed by atoms with Crippen LogP contribution in [0.3, 0.4) is 0 Å². The second-order valence-corrected chi connectivity index (χ2v) is 7.80. The molecule has 108 valence electrons. The van der Waals surface area contributed by atoms with Gasteiger partial charge in [0.2, 0.25) is 5.91 Å². The fraction of sp³-hybridized carbons (Fsp3) is 0.250. The normalized spacial score (nSPS) is 11.8. The lowest BCUT2D eigenvalue weighted by atomic mass is 9.96. The van der Waals surface area contributed by atoms with Crippen molar-refractivity contribution in [2.45, 2.75) is 20.8 Å². The molecule has 0 radical (unpaired) electrons. The van der Waals surface area contributed by atoms with Gasteiger partial charge in [-0.15, -0.1) is 22.7 Å². The van der Waals surface area contributed by atoms with Gasteiger partial charge in [0.1, 0.15) is 10.0 Å². The van der Waals surface area contributed by atoms with Crippen molar-refractivity contribution in [1.82, 2.24) is 4.98 Å². The molecular formula is C16H16N2OS2. The van der Waals surface area contributed by atoms with E-state index in [9.17, 15) is 4.79 Å². The quantitative estimate of drug-likeness (QED) is 0.722. The Morgan fingerprint density at radius 3 is 2.67 bits per heavy atom. The van der Waals surface area contributed by atoms with Gasteiger partial charge in [-0.3, -0.25) is 4.79 Å². The lowest BCUT2D eigenvalue weighted by Gasteiger charge is -2.17. The van der Waals surface area contributed by atoms with E-state index in [0.29, 0.717) is 0 Å². The Morgan fingerprint density at radius 2 is 1.95 bits per heavy atom. The fourth-order valence-corrected chi connectivity index (χ4v) is 3.70. The van der Waals surface area contributed by atoms with Crippen LogP contribution in [0, 0.1) is 5.41 Å². The summed E-state index contributed by atoms with van der Waals surface area (Å²) in [5, 5.41) is 6.82. The summed E-state index contributed by atoms with van der Waals surface area (Å²) in [5.74, 6) is 0.0207. The number of para-hydroxylation sites is 1. The monoisotopic (exact) mass is 316 g/mol. The van der Waals surface area contributed by atoms with E-state index in [-0.39, 0.29) is 5.91 Å². The van der Waals surface area contributed by atoms with Gasteiger partial charge in [-0.2, -0.15) is 0 Å². The number of thiazole rings is 1. The van der Waals surface area contributed by atoms with E-state index in [1.807, 2.05) is 50.4 Å². The van der Waals surface area contributed by atoms with Crippen molar-refractivity contribution in [3.8, 4) is 10.6 Å². The molecule has 0 spiro atoms. The van der Waals surface area contributed by atoms with Crippen molar-refractivity contribution in [3.63, 3.8) is 0 Å². The van der Waals surface area contributed by atoms with Crippen molar-refractivity contribution < 1.29 is 4.79 Å². The number of fused-ring (bicyclic) bond motifs is 1. The second-order valence-electron chi connectivity index (χ2n) is 5.85. The molecule has 0 aliphatic rings. The Kier molecular flexibility index (Phi) is 3.55. The number of benzene rings is 1. The molecule has 3 rings (SSSR count). The van der Waals surface area contributed by atoms with Gasteiger partial charge in [-0.05, 0) is 23.6 Å². The Balaban J connectivity index is 1.97. The van der Waals surface area contributed by atoms with Crippen molar-refractivity contribution in [2.75, 3.05) is 5.32 Å². The SMILES string of the molecule is CC(C)(C)C(=O)Nc1sccc1-c1nc2ccccc2s1. The van der Waals surface area contributed by atoms with Crippen LogP contribution in [0.5, 0.6) is 0 Å². The van der Waals surface area contributed by atoms with Crippen LogP contribution in [-0.4, -0.2) is 10.9 Å². The molecule has 3 aromatic rings. The zero-order chi connectivity index (χ0) is 15.0. The van der Waals surface area contributed by atoms with Gasteiger partial charge in [-0.1, -0.05) is 32.9 Å². The number of aromatic nitrogens is 1. The van der Waals surface area contributed by atoms with Crippen molar-refractivity contribution in [3.05, 3.63) is 35.7 Å². The van der Waals surface area contributed by atoms with E-state index in [1.54, 1.807) is 11.3 Å². The predicted molar refractivity (Wildman–Crippen MR) is 91.0 cm³/mol. The van der Waals surface area contributed by atoms with E-state index >= 15 is 0 Å². The third kappa shape index (κ3) is 2.84.